The highest BCUT2D eigenvalue weighted by atomic mass is 35.5. The highest BCUT2D eigenvalue weighted by Crippen LogP contribution is 2.27. The van der Waals surface area contributed by atoms with Gasteiger partial charge in [-0.25, -0.2) is 0 Å². The van der Waals surface area contributed by atoms with E-state index in [9.17, 15) is 14.4 Å². The van der Waals surface area contributed by atoms with Crippen LogP contribution in [0.25, 0.3) is 10.9 Å². The molecule has 3 N–H and O–H groups in total. The van der Waals surface area contributed by atoms with E-state index >= 15 is 0 Å². The molecule has 2 amide bonds. The number of ether oxygens (including phenoxy) is 1. The molecule has 0 radical (unpaired) electrons. The molecule has 1 heterocycles. The maximum Gasteiger partial charge on any atom is 0.246 e. The summed E-state index contributed by atoms with van der Waals surface area (Å²) < 4.78 is 5.33. The van der Waals surface area contributed by atoms with Gasteiger partial charge in [0.1, 0.15) is 17.6 Å². The van der Waals surface area contributed by atoms with Crippen LogP contribution in [0.5, 0.6) is 5.75 Å². The Kier molecular flexibility index (Phi) is 9.79. The summed E-state index contributed by atoms with van der Waals surface area (Å²) in [5.41, 5.74) is 3.09. The van der Waals surface area contributed by atoms with Crippen LogP contribution in [0.1, 0.15) is 50.3 Å². The lowest BCUT2D eigenvalue weighted by molar-refractivity contribution is -0.126. The van der Waals surface area contributed by atoms with Crippen LogP contribution in [-0.4, -0.2) is 35.7 Å². The molecule has 0 spiro atoms. The molecule has 2 aromatic carbocycles. The number of Topliss-reactive ketones (excluding diaryl/α,β-unsaturated/α-hetero) is 1. The van der Waals surface area contributed by atoms with Gasteiger partial charge >= 0.3 is 0 Å². The monoisotopic (exact) mass is 531 g/mol. The number of benzene rings is 2. The van der Waals surface area contributed by atoms with E-state index in [4.69, 9.17) is 27.9 Å². The van der Waals surface area contributed by atoms with Crippen molar-refractivity contribution in [2.75, 3.05) is 12.4 Å². The quantitative estimate of drug-likeness (QED) is 0.249. The molecule has 1 aromatic heterocycles. The predicted octanol–water partition coefficient (Wildman–Crippen LogP) is 6.00. The van der Waals surface area contributed by atoms with Crippen LogP contribution in [0.2, 0.25) is 10.0 Å². The number of rotatable bonds is 12. The van der Waals surface area contributed by atoms with E-state index in [1.807, 2.05) is 25.1 Å². The summed E-state index contributed by atoms with van der Waals surface area (Å²) in [5, 5.41) is 7.40. The summed E-state index contributed by atoms with van der Waals surface area (Å²) in [5.74, 6) is 0.215. The molecule has 0 aliphatic rings. The first-order valence-electron chi connectivity index (χ1n) is 11.9. The third-order valence-corrected chi connectivity index (χ3v) is 6.40. The van der Waals surface area contributed by atoms with Gasteiger partial charge in [0.15, 0.2) is 0 Å². The lowest BCUT2D eigenvalue weighted by atomic mass is 10.0. The van der Waals surface area contributed by atoms with Gasteiger partial charge in [-0.2, -0.15) is 0 Å². The van der Waals surface area contributed by atoms with Crippen LogP contribution in [0, 0.1) is 6.92 Å². The third kappa shape index (κ3) is 7.73. The van der Waals surface area contributed by atoms with Crippen molar-refractivity contribution in [1.82, 2.24) is 10.3 Å². The maximum atomic E-state index is 13.1. The lowest BCUT2D eigenvalue weighted by Gasteiger charge is -2.19. The second kappa shape index (κ2) is 12.8. The van der Waals surface area contributed by atoms with Gasteiger partial charge in [-0.05, 0) is 68.7 Å². The molecule has 0 bridgehead atoms. The van der Waals surface area contributed by atoms with Crippen LogP contribution >= 0.6 is 23.2 Å². The first-order valence-corrected chi connectivity index (χ1v) is 12.6. The van der Waals surface area contributed by atoms with E-state index in [0.717, 1.165) is 35.0 Å². The summed E-state index contributed by atoms with van der Waals surface area (Å²) in [7, 11) is 1.60. The first-order chi connectivity index (χ1) is 17.2. The Labute approximate surface area is 220 Å². The topological polar surface area (TPSA) is 100 Å². The maximum absolute atomic E-state index is 13.1. The zero-order valence-corrected chi connectivity index (χ0v) is 22.2. The SMILES string of the molecule is COc1ccc2[nH]c(C)c(CC(=O)NC(CCCCCC(C)=O)C(=O)Nc3cc(Cl)cc(Cl)c3)c2c1. The molecule has 0 aliphatic heterocycles. The van der Waals surface area contributed by atoms with Crippen LogP contribution in [0.3, 0.4) is 0 Å². The molecule has 9 heteroatoms. The number of fused-ring (bicyclic) bond motifs is 1. The Bertz CT molecular complexity index is 1240. The van der Waals surface area contributed by atoms with Crippen LogP contribution in [0.4, 0.5) is 5.69 Å². The summed E-state index contributed by atoms with van der Waals surface area (Å²) in [6, 6.07) is 9.68. The van der Waals surface area contributed by atoms with E-state index in [2.05, 4.69) is 15.6 Å². The minimum absolute atomic E-state index is 0.107. The van der Waals surface area contributed by atoms with Crippen molar-refractivity contribution in [3.05, 3.63) is 57.7 Å². The number of halogens is 2. The van der Waals surface area contributed by atoms with Crippen molar-refractivity contribution in [3.8, 4) is 5.75 Å². The number of hydrogen-bond acceptors (Lipinski definition) is 4. The number of carbonyl (C=O) groups excluding carboxylic acids is 3. The van der Waals surface area contributed by atoms with Gasteiger partial charge in [0.25, 0.3) is 0 Å². The molecule has 1 atom stereocenters. The van der Waals surface area contributed by atoms with Crippen molar-refractivity contribution in [1.29, 1.82) is 0 Å². The molecule has 36 heavy (non-hydrogen) atoms. The smallest absolute Gasteiger partial charge is 0.246 e. The number of carbonyl (C=O) groups is 3. The Balaban J connectivity index is 1.73. The van der Waals surface area contributed by atoms with Gasteiger partial charge in [-0.15, -0.1) is 0 Å². The van der Waals surface area contributed by atoms with Crippen molar-refractivity contribution in [2.45, 2.75) is 58.4 Å². The Morgan fingerprint density at radius 3 is 2.42 bits per heavy atom. The minimum atomic E-state index is -0.757. The van der Waals surface area contributed by atoms with Gasteiger partial charge in [0.05, 0.1) is 13.5 Å². The number of unbranched alkanes of at least 4 members (excludes halogenated alkanes) is 2. The standard InChI is InChI=1S/C27H31Cl2N3O4/c1-16(33)7-5-4-6-8-25(27(35)31-20-12-18(28)11-19(29)13-20)32-26(34)15-22-17(2)30-24-10-9-21(36-3)14-23(22)24/h9-14,25,30H,4-8,15H2,1-3H3,(H,31,35)(H,32,34). The number of nitrogens with one attached hydrogen (secondary N) is 3. The summed E-state index contributed by atoms with van der Waals surface area (Å²) >= 11 is 12.1. The lowest BCUT2D eigenvalue weighted by Crippen LogP contribution is -2.44. The molecular formula is C27H31Cl2N3O4. The van der Waals surface area contributed by atoms with Crippen molar-refractivity contribution in [2.24, 2.45) is 0 Å². The second-order valence-electron chi connectivity index (χ2n) is 8.89. The van der Waals surface area contributed by atoms with Gasteiger partial charge in [0, 0.05) is 38.8 Å². The van der Waals surface area contributed by atoms with E-state index in [-0.39, 0.29) is 24.0 Å². The van der Waals surface area contributed by atoms with Crippen molar-refractivity contribution < 1.29 is 19.1 Å². The molecule has 192 valence electrons. The van der Waals surface area contributed by atoms with Gasteiger partial charge < -0.3 is 25.1 Å². The number of aryl methyl sites for hydroxylation is 1. The van der Waals surface area contributed by atoms with Gasteiger partial charge in [-0.1, -0.05) is 36.0 Å². The largest absolute Gasteiger partial charge is 0.497 e. The van der Waals surface area contributed by atoms with Crippen LogP contribution in [-0.2, 0) is 20.8 Å². The number of ketones is 1. The molecule has 0 saturated heterocycles. The first kappa shape index (κ1) is 27.6. The summed E-state index contributed by atoms with van der Waals surface area (Å²) in [4.78, 5) is 40.7. The van der Waals surface area contributed by atoms with Gasteiger partial charge in [0.2, 0.25) is 11.8 Å². The minimum Gasteiger partial charge on any atom is -0.497 e. The molecular weight excluding hydrogens is 501 g/mol. The normalized spacial score (nSPS) is 11.8. The number of aromatic amines is 1. The highest BCUT2D eigenvalue weighted by molar-refractivity contribution is 6.35. The van der Waals surface area contributed by atoms with E-state index in [1.54, 1.807) is 32.2 Å². The molecule has 0 aliphatic carbocycles. The number of amides is 2. The molecule has 3 aromatic rings. The van der Waals surface area contributed by atoms with E-state index < -0.39 is 6.04 Å². The zero-order valence-electron chi connectivity index (χ0n) is 20.7. The average Bonchev–Trinajstić information content (AvgIpc) is 3.11. The Morgan fingerprint density at radius 2 is 1.75 bits per heavy atom. The number of anilines is 1. The molecule has 7 nitrogen and oxygen atoms in total. The second-order valence-corrected chi connectivity index (χ2v) is 9.76. The summed E-state index contributed by atoms with van der Waals surface area (Å²) in [6.07, 6.45) is 3.26. The fraction of sp³-hybridized carbons (Fsp3) is 0.370. The molecule has 3 rings (SSSR count). The fourth-order valence-electron chi connectivity index (χ4n) is 4.15. The predicted molar refractivity (Wildman–Crippen MR) is 144 cm³/mol. The third-order valence-electron chi connectivity index (χ3n) is 5.97. The van der Waals surface area contributed by atoms with Gasteiger partial charge in [-0.3, -0.25) is 9.59 Å². The van der Waals surface area contributed by atoms with E-state index in [1.165, 1.54) is 0 Å². The molecule has 0 fully saturated rings. The highest BCUT2D eigenvalue weighted by Gasteiger charge is 2.22. The number of methoxy groups -OCH3 is 1. The zero-order chi connectivity index (χ0) is 26.2. The summed E-state index contributed by atoms with van der Waals surface area (Å²) in [6.45, 7) is 3.48. The van der Waals surface area contributed by atoms with Crippen LogP contribution in [0.15, 0.2) is 36.4 Å². The molecule has 0 saturated carbocycles. The Morgan fingerprint density at radius 1 is 1.03 bits per heavy atom. The van der Waals surface area contributed by atoms with Crippen molar-refractivity contribution in [3.63, 3.8) is 0 Å². The average molecular weight is 532 g/mol. The number of H-pyrrole nitrogens is 1. The van der Waals surface area contributed by atoms with E-state index in [0.29, 0.717) is 40.7 Å². The Hall–Kier alpha value is -3.03. The van der Waals surface area contributed by atoms with Crippen molar-refractivity contribution >= 4 is 57.4 Å². The molecule has 1 unspecified atom stereocenters. The van der Waals surface area contributed by atoms with Crippen LogP contribution < -0.4 is 15.4 Å². The number of hydrogen-bond donors (Lipinski definition) is 3. The number of aromatic nitrogens is 1. The fourth-order valence-corrected chi connectivity index (χ4v) is 4.67.